The molecule has 0 aliphatic rings. The van der Waals surface area contributed by atoms with Gasteiger partial charge in [-0.25, -0.2) is 4.98 Å². The van der Waals surface area contributed by atoms with Gasteiger partial charge in [-0.15, -0.1) is 0 Å². The summed E-state index contributed by atoms with van der Waals surface area (Å²) in [6, 6.07) is 80.4. The Kier molecular flexibility index (Phi) is 11.2. The van der Waals surface area contributed by atoms with Crippen molar-refractivity contribution in [3.05, 3.63) is 259 Å². The van der Waals surface area contributed by atoms with Gasteiger partial charge < -0.3 is 4.42 Å². The van der Waals surface area contributed by atoms with Crippen LogP contribution in [-0.4, -0.2) is 15.0 Å². The van der Waals surface area contributed by atoms with Gasteiger partial charge in [0, 0.05) is 45.2 Å². The van der Waals surface area contributed by atoms with Crippen molar-refractivity contribution >= 4 is 32.8 Å². The van der Waals surface area contributed by atoms with Gasteiger partial charge in [0.05, 0.1) is 22.6 Å². The summed E-state index contributed by atoms with van der Waals surface area (Å²) in [6.07, 6.45) is 7.40. The molecule has 0 aliphatic carbocycles. The lowest BCUT2D eigenvalue weighted by Crippen LogP contribution is -1.98. The number of hydrogen-bond donors (Lipinski definition) is 0. The smallest absolute Gasteiger partial charge is 0.136 e. The van der Waals surface area contributed by atoms with E-state index in [1.165, 1.54) is 38.9 Å². The zero-order valence-electron chi connectivity index (χ0n) is 38.1. The lowest BCUT2D eigenvalue weighted by molar-refractivity contribution is 0.669. The minimum absolute atomic E-state index is 0.872. The monoisotopic (exact) mass is 885 g/mol. The summed E-state index contributed by atoms with van der Waals surface area (Å²) in [4.78, 5) is 14.3. The van der Waals surface area contributed by atoms with Crippen LogP contribution >= 0.6 is 0 Å². The summed E-state index contributed by atoms with van der Waals surface area (Å²) in [5.74, 6) is 0. The van der Waals surface area contributed by atoms with Crippen molar-refractivity contribution in [2.24, 2.45) is 0 Å². The first-order chi connectivity index (χ1) is 34.1. The lowest BCUT2D eigenvalue weighted by atomic mass is 9.86. The van der Waals surface area contributed by atoms with Gasteiger partial charge in [-0.2, -0.15) is 0 Å². The fourth-order valence-electron chi connectivity index (χ4n) is 9.80. The molecule has 8 aromatic carbocycles. The zero-order valence-corrected chi connectivity index (χ0v) is 38.1. The van der Waals surface area contributed by atoms with Crippen LogP contribution in [0.2, 0.25) is 0 Å². The van der Waals surface area contributed by atoms with E-state index in [1.807, 2.05) is 48.8 Å². The Hall–Kier alpha value is -8.73. The number of rotatable bonds is 12. The maximum Gasteiger partial charge on any atom is 0.136 e. The Labute approximate surface area is 402 Å². The summed E-state index contributed by atoms with van der Waals surface area (Å²) in [5, 5.41) is 3.36. The number of fused-ring (bicyclic) bond motifs is 4. The molecule has 0 amide bonds. The molecule has 0 radical (unpaired) electrons. The molecule has 69 heavy (non-hydrogen) atoms. The SMILES string of the molecule is c1ccc(-c2ccc(CCc3cc(CCc4ccc(-c5ccccn5)cc4)cc(-c4ccccc4-c4ccc(-c5ccc6ccccc6n5)cc4-c4ccc5c(c4)oc4ccccc45)c3)cc2)nc1. The second-order valence-electron chi connectivity index (χ2n) is 17.9. The van der Waals surface area contributed by atoms with E-state index >= 15 is 0 Å². The molecule has 4 heteroatoms. The highest BCUT2D eigenvalue weighted by Gasteiger charge is 2.18. The van der Waals surface area contributed by atoms with Crippen molar-refractivity contribution in [1.82, 2.24) is 15.0 Å². The molecule has 0 fully saturated rings. The highest BCUT2D eigenvalue weighted by Crippen LogP contribution is 2.42. The van der Waals surface area contributed by atoms with Crippen LogP contribution in [0.15, 0.2) is 241 Å². The predicted octanol–water partition coefficient (Wildman–Crippen LogP) is 16.5. The molecule has 4 heterocycles. The first-order valence-corrected chi connectivity index (χ1v) is 23.8. The quantitative estimate of drug-likeness (QED) is 0.123. The Morgan fingerprint density at radius 3 is 1.57 bits per heavy atom. The average molecular weight is 886 g/mol. The van der Waals surface area contributed by atoms with E-state index in [1.54, 1.807) is 0 Å². The van der Waals surface area contributed by atoms with Gasteiger partial charge in [0.25, 0.3) is 0 Å². The molecule has 4 aromatic heterocycles. The van der Waals surface area contributed by atoms with Crippen molar-refractivity contribution in [2.45, 2.75) is 25.7 Å². The molecule has 0 saturated carbocycles. The van der Waals surface area contributed by atoms with Crippen LogP contribution in [0.1, 0.15) is 22.3 Å². The minimum atomic E-state index is 0.872. The van der Waals surface area contributed by atoms with Crippen molar-refractivity contribution < 1.29 is 4.42 Å². The second-order valence-corrected chi connectivity index (χ2v) is 17.9. The van der Waals surface area contributed by atoms with Crippen LogP contribution in [0.25, 0.3) is 100.0 Å². The molecule has 0 bridgehead atoms. The molecular formula is C65H47N3O. The Bertz CT molecular complexity index is 3660. The zero-order chi connectivity index (χ0) is 45.9. The van der Waals surface area contributed by atoms with Crippen molar-refractivity contribution in [3.63, 3.8) is 0 Å². The first-order valence-electron chi connectivity index (χ1n) is 23.8. The van der Waals surface area contributed by atoms with E-state index in [2.05, 4.69) is 198 Å². The van der Waals surface area contributed by atoms with E-state index in [4.69, 9.17) is 9.40 Å². The first kappa shape index (κ1) is 41.7. The minimum Gasteiger partial charge on any atom is -0.456 e. The fourth-order valence-corrected chi connectivity index (χ4v) is 9.80. The van der Waals surface area contributed by atoms with Crippen LogP contribution in [0.3, 0.4) is 0 Å². The Morgan fingerprint density at radius 1 is 0.304 bits per heavy atom. The third-order valence-corrected chi connectivity index (χ3v) is 13.4. The normalized spacial score (nSPS) is 11.4. The molecule has 4 nitrogen and oxygen atoms in total. The standard InChI is InChI=1S/C65H47N3O/c1-5-17-62-48(11-1)33-36-63(68-62)52-32-34-56(59(42-52)51-31-35-58-57-14-4-6-18-64(57)69-65(58)43-51)55-13-3-2-12-54(55)53-40-46(21-19-44-23-27-49(28-24-44)60-15-7-9-37-66-60)39-47(41-53)22-20-45-25-29-50(30-26-45)61-16-8-10-38-67-61/h1-18,23-43H,19-22H2. The van der Waals surface area contributed by atoms with Gasteiger partial charge in [0.2, 0.25) is 0 Å². The largest absolute Gasteiger partial charge is 0.456 e. The summed E-state index contributed by atoms with van der Waals surface area (Å²) >= 11 is 0. The summed E-state index contributed by atoms with van der Waals surface area (Å²) in [5.41, 5.74) is 21.2. The summed E-state index contributed by atoms with van der Waals surface area (Å²) < 4.78 is 6.49. The predicted molar refractivity (Wildman–Crippen MR) is 285 cm³/mol. The van der Waals surface area contributed by atoms with Gasteiger partial charge in [0.15, 0.2) is 0 Å². The fraction of sp³-hybridized carbons (Fsp3) is 0.0615. The molecular weight excluding hydrogens is 839 g/mol. The van der Waals surface area contributed by atoms with Gasteiger partial charge in [-0.3, -0.25) is 9.97 Å². The number of aryl methyl sites for hydroxylation is 4. The van der Waals surface area contributed by atoms with E-state index in [-0.39, 0.29) is 0 Å². The Balaban J connectivity index is 0.937. The van der Waals surface area contributed by atoms with Crippen LogP contribution in [0.5, 0.6) is 0 Å². The maximum absolute atomic E-state index is 6.49. The van der Waals surface area contributed by atoms with Crippen LogP contribution in [-0.2, 0) is 25.7 Å². The molecule has 328 valence electrons. The lowest BCUT2D eigenvalue weighted by Gasteiger charge is -2.18. The molecule has 0 aliphatic heterocycles. The second kappa shape index (κ2) is 18.5. The Morgan fingerprint density at radius 2 is 0.870 bits per heavy atom. The number of hydrogen-bond acceptors (Lipinski definition) is 4. The number of aromatic nitrogens is 3. The molecule has 0 N–H and O–H groups in total. The number of para-hydroxylation sites is 2. The number of pyridine rings is 3. The average Bonchev–Trinajstić information content (AvgIpc) is 3.80. The highest BCUT2D eigenvalue weighted by molar-refractivity contribution is 6.06. The number of furan rings is 1. The van der Waals surface area contributed by atoms with Gasteiger partial charge >= 0.3 is 0 Å². The third-order valence-electron chi connectivity index (χ3n) is 13.4. The number of nitrogens with zero attached hydrogens (tertiary/aromatic N) is 3. The van der Waals surface area contributed by atoms with Crippen LogP contribution in [0, 0.1) is 0 Å². The van der Waals surface area contributed by atoms with Gasteiger partial charge in [0.1, 0.15) is 11.2 Å². The van der Waals surface area contributed by atoms with E-state index in [0.717, 1.165) is 109 Å². The molecule has 0 spiro atoms. The molecule has 0 atom stereocenters. The molecule has 0 unspecified atom stereocenters. The highest BCUT2D eigenvalue weighted by atomic mass is 16.3. The maximum atomic E-state index is 6.49. The van der Waals surface area contributed by atoms with Gasteiger partial charge in [-0.1, -0.05) is 164 Å². The topological polar surface area (TPSA) is 51.8 Å². The van der Waals surface area contributed by atoms with Crippen molar-refractivity contribution in [1.29, 1.82) is 0 Å². The van der Waals surface area contributed by atoms with E-state index < -0.39 is 0 Å². The van der Waals surface area contributed by atoms with Crippen molar-refractivity contribution in [3.8, 4) is 67.2 Å². The molecule has 0 saturated heterocycles. The third kappa shape index (κ3) is 8.72. The summed E-state index contributed by atoms with van der Waals surface area (Å²) in [6.45, 7) is 0. The van der Waals surface area contributed by atoms with Gasteiger partial charge in [-0.05, 0) is 142 Å². The van der Waals surface area contributed by atoms with E-state index in [0.29, 0.717) is 0 Å². The van der Waals surface area contributed by atoms with E-state index in [9.17, 15) is 0 Å². The molecule has 12 aromatic rings. The molecule has 12 rings (SSSR count). The number of benzene rings is 8. The van der Waals surface area contributed by atoms with Crippen LogP contribution in [0.4, 0.5) is 0 Å². The van der Waals surface area contributed by atoms with Crippen molar-refractivity contribution in [2.75, 3.05) is 0 Å². The van der Waals surface area contributed by atoms with Crippen LogP contribution < -0.4 is 0 Å². The summed E-state index contributed by atoms with van der Waals surface area (Å²) in [7, 11) is 0.